The molecule has 8 aromatic rings. The van der Waals surface area contributed by atoms with E-state index in [1.165, 1.54) is 152 Å². The van der Waals surface area contributed by atoms with E-state index < -0.39 is 0 Å². The Balaban J connectivity index is 1.17. The molecule has 0 radical (unpaired) electrons. The summed E-state index contributed by atoms with van der Waals surface area (Å²) in [5.41, 5.74) is 33.9. The second-order valence-electron chi connectivity index (χ2n) is 29.2. The first-order valence-corrected chi connectivity index (χ1v) is 29.5. The van der Waals surface area contributed by atoms with E-state index in [4.69, 9.17) is 0 Å². The van der Waals surface area contributed by atoms with Crippen LogP contribution in [-0.4, -0.2) is 6.71 Å². The zero-order valence-corrected chi connectivity index (χ0v) is 49.6. The third-order valence-corrected chi connectivity index (χ3v) is 21.5. The molecule has 0 aromatic heterocycles. The van der Waals surface area contributed by atoms with E-state index in [-0.39, 0.29) is 44.6 Å². The van der Waals surface area contributed by atoms with Crippen molar-refractivity contribution in [1.29, 1.82) is 0 Å². The monoisotopic (exact) mass is 1020 g/mol. The molecule has 0 bridgehead atoms. The van der Waals surface area contributed by atoms with Crippen molar-refractivity contribution in [2.75, 3.05) is 9.80 Å². The lowest BCUT2D eigenvalue weighted by atomic mass is 9.32. The number of rotatable bonds is 3. The SMILES string of the molecule is Cc1cc2c(cc1N1c3cc4c(cc3B3c5ccc6c(c5N(c5cc7c(cc5C)C(C)(C)CCC7(C)C)c5cc(-c7ccccc7)cc1c53)-c1ccccc1C6(C)C)C(C)(C)c1ccccc1C4(C)C)C(C)(C)CCC2(C)C. The van der Waals surface area contributed by atoms with Crippen molar-refractivity contribution >= 4 is 57.2 Å². The van der Waals surface area contributed by atoms with Crippen molar-refractivity contribution in [2.45, 2.75) is 174 Å². The molecule has 0 saturated carbocycles. The van der Waals surface area contributed by atoms with Gasteiger partial charge in [-0.3, -0.25) is 0 Å². The molecule has 0 fully saturated rings. The summed E-state index contributed by atoms with van der Waals surface area (Å²) in [6, 6.07) is 56.1. The molecule has 0 amide bonds. The fraction of sp³-hybridized carbons (Fsp3) is 0.360. The first kappa shape index (κ1) is 49.7. The highest BCUT2D eigenvalue weighted by atomic mass is 15.2. The molecule has 4 aliphatic carbocycles. The van der Waals surface area contributed by atoms with Gasteiger partial charge in [0.05, 0.1) is 0 Å². The minimum atomic E-state index is -0.236. The number of anilines is 6. The number of benzene rings is 8. The number of nitrogens with zero attached hydrogens (tertiary/aromatic N) is 2. The van der Waals surface area contributed by atoms with E-state index in [1.54, 1.807) is 0 Å². The quantitative estimate of drug-likeness (QED) is 0.163. The zero-order valence-electron chi connectivity index (χ0n) is 49.6. The maximum Gasteiger partial charge on any atom is 0.252 e. The van der Waals surface area contributed by atoms with Gasteiger partial charge in [0.25, 0.3) is 6.71 Å². The van der Waals surface area contributed by atoms with Gasteiger partial charge >= 0.3 is 0 Å². The number of hydrogen-bond acceptors (Lipinski definition) is 2. The highest BCUT2D eigenvalue weighted by Crippen LogP contribution is 2.59. The van der Waals surface area contributed by atoms with Gasteiger partial charge in [0.15, 0.2) is 0 Å². The van der Waals surface area contributed by atoms with E-state index in [0.29, 0.717) is 0 Å². The van der Waals surface area contributed by atoms with Gasteiger partial charge in [0.1, 0.15) is 0 Å². The zero-order chi connectivity index (χ0) is 54.8. The first-order chi connectivity index (χ1) is 36.8. The van der Waals surface area contributed by atoms with Gasteiger partial charge in [-0.05, 0) is 191 Å². The molecular weight excluding hydrogens is 940 g/mol. The Labute approximate surface area is 467 Å². The molecule has 2 aliphatic heterocycles. The molecule has 0 N–H and O–H groups in total. The summed E-state index contributed by atoms with van der Waals surface area (Å²) in [6.07, 6.45) is 4.68. The summed E-state index contributed by atoms with van der Waals surface area (Å²) in [5.74, 6) is 0. The van der Waals surface area contributed by atoms with Gasteiger partial charge < -0.3 is 9.80 Å². The minimum absolute atomic E-state index is 0.0212. The third-order valence-electron chi connectivity index (χ3n) is 21.5. The molecule has 0 saturated heterocycles. The van der Waals surface area contributed by atoms with E-state index in [0.717, 1.165) is 12.8 Å². The van der Waals surface area contributed by atoms with Crippen LogP contribution in [0, 0.1) is 13.8 Å². The second-order valence-corrected chi connectivity index (χ2v) is 29.2. The Morgan fingerprint density at radius 2 is 0.769 bits per heavy atom. The molecular formula is C75H79BN2. The van der Waals surface area contributed by atoms with Crippen LogP contribution in [0.3, 0.4) is 0 Å². The van der Waals surface area contributed by atoms with Crippen LogP contribution in [0.4, 0.5) is 34.1 Å². The first-order valence-electron chi connectivity index (χ1n) is 29.5. The summed E-state index contributed by atoms with van der Waals surface area (Å²) < 4.78 is 0. The average Bonchev–Trinajstić information content (AvgIpc) is 2.51. The maximum atomic E-state index is 2.80. The van der Waals surface area contributed by atoms with Gasteiger partial charge in [-0.1, -0.05) is 206 Å². The molecule has 78 heavy (non-hydrogen) atoms. The lowest BCUT2D eigenvalue weighted by Gasteiger charge is -2.49. The smallest absolute Gasteiger partial charge is 0.252 e. The predicted molar refractivity (Wildman–Crippen MR) is 334 cm³/mol. The van der Waals surface area contributed by atoms with E-state index in [9.17, 15) is 0 Å². The highest BCUT2D eigenvalue weighted by molar-refractivity contribution is 7.00. The molecule has 14 rings (SSSR count). The second kappa shape index (κ2) is 15.8. The lowest BCUT2D eigenvalue weighted by Crippen LogP contribution is -2.62. The molecule has 0 spiro atoms. The van der Waals surface area contributed by atoms with Crippen molar-refractivity contribution in [1.82, 2.24) is 0 Å². The fourth-order valence-corrected chi connectivity index (χ4v) is 16.4. The van der Waals surface area contributed by atoms with Crippen LogP contribution in [0.15, 0.2) is 140 Å². The van der Waals surface area contributed by atoms with Gasteiger partial charge in [0, 0.05) is 55.9 Å². The summed E-state index contributed by atoms with van der Waals surface area (Å²) in [6.45, 7) is 39.5. The summed E-state index contributed by atoms with van der Waals surface area (Å²) >= 11 is 0. The van der Waals surface area contributed by atoms with E-state index >= 15 is 0 Å². The van der Waals surface area contributed by atoms with Gasteiger partial charge in [-0.25, -0.2) is 0 Å². The Bertz CT molecular complexity index is 3930. The summed E-state index contributed by atoms with van der Waals surface area (Å²) in [7, 11) is 0. The Morgan fingerprint density at radius 1 is 0.333 bits per heavy atom. The van der Waals surface area contributed by atoms with Crippen LogP contribution in [-0.2, 0) is 37.9 Å². The van der Waals surface area contributed by atoms with Crippen LogP contribution in [0.2, 0.25) is 0 Å². The maximum absolute atomic E-state index is 2.80. The summed E-state index contributed by atoms with van der Waals surface area (Å²) in [5, 5.41) is 0. The molecule has 8 aromatic carbocycles. The van der Waals surface area contributed by atoms with E-state index in [1.807, 2.05) is 0 Å². The molecule has 0 unspecified atom stereocenters. The molecule has 2 heterocycles. The molecule has 3 heteroatoms. The number of fused-ring (bicyclic) bond motifs is 12. The average molecular weight is 1020 g/mol. The van der Waals surface area contributed by atoms with Gasteiger partial charge in [-0.2, -0.15) is 0 Å². The van der Waals surface area contributed by atoms with Crippen LogP contribution < -0.4 is 26.2 Å². The molecule has 0 atom stereocenters. The Morgan fingerprint density at radius 3 is 1.32 bits per heavy atom. The molecule has 2 nitrogen and oxygen atoms in total. The predicted octanol–water partition coefficient (Wildman–Crippen LogP) is 18.0. The van der Waals surface area contributed by atoms with Crippen molar-refractivity contribution in [3.05, 3.63) is 206 Å². The summed E-state index contributed by atoms with van der Waals surface area (Å²) in [4.78, 5) is 5.58. The Hall–Kier alpha value is -6.58. The minimum Gasteiger partial charge on any atom is -0.311 e. The van der Waals surface area contributed by atoms with Crippen LogP contribution >= 0.6 is 0 Å². The molecule has 6 aliphatic rings. The van der Waals surface area contributed by atoms with Crippen molar-refractivity contribution < 1.29 is 0 Å². The largest absolute Gasteiger partial charge is 0.311 e. The fourth-order valence-electron chi connectivity index (χ4n) is 16.4. The van der Waals surface area contributed by atoms with Gasteiger partial charge in [-0.15, -0.1) is 0 Å². The van der Waals surface area contributed by atoms with Gasteiger partial charge in [0.2, 0.25) is 0 Å². The topological polar surface area (TPSA) is 6.48 Å². The Kier molecular flexibility index (Phi) is 10.1. The van der Waals surface area contributed by atoms with E-state index in [2.05, 4.69) is 260 Å². The standard InChI is InChI=1S/C75H79BN2/c1-44-36-53-55(71(7,8)34-32-69(53,3)4)41-61(44)77-63-43-58-57(74(13,14)50-28-22-23-29-51(50)75(58,15)16)40-60(63)76-59-31-30-52-66(48-26-20-21-27-49(48)73(52,11)12)68(59)78(65-39-47(38-64(77)67(65)76)46-24-18-17-19-25-46)62-42-56-54(37-45(62)2)70(5,6)33-35-72(56,9)10/h17-31,36-43H,32-35H2,1-16H3. The number of aryl methyl sites for hydroxylation is 2. The van der Waals surface area contributed by atoms with Crippen LogP contribution in [0.1, 0.15) is 189 Å². The van der Waals surface area contributed by atoms with Crippen molar-refractivity contribution in [2.24, 2.45) is 0 Å². The van der Waals surface area contributed by atoms with Crippen molar-refractivity contribution in [3.8, 4) is 22.3 Å². The van der Waals surface area contributed by atoms with Crippen LogP contribution in [0.5, 0.6) is 0 Å². The highest BCUT2D eigenvalue weighted by Gasteiger charge is 2.51. The normalized spacial score (nSPS) is 20.0. The molecule has 392 valence electrons. The number of hydrogen-bond donors (Lipinski definition) is 0. The lowest BCUT2D eigenvalue weighted by molar-refractivity contribution is 0.332. The third kappa shape index (κ3) is 6.57. The van der Waals surface area contributed by atoms with Crippen LogP contribution in [0.25, 0.3) is 22.3 Å². The van der Waals surface area contributed by atoms with Crippen molar-refractivity contribution in [3.63, 3.8) is 0 Å².